The largest absolute Gasteiger partial charge is 0.393 e. The maximum Gasteiger partial charge on any atom is 0.290 e. The maximum atomic E-state index is 12.5. The van der Waals surface area contributed by atoms with Crippen LogP contribution in [-0.4, -0.2) is 9.36 Å². The van der Waals surface area contributed by atoms with Crippen LogP contribution in [0.25, 0.3) is 0 Å². The van der Waals surface area contributed by atoms with E-state index in [1.54, 1.807) is 4.68 Å². The van der Waals surface area contributed by atoms with E-state index < -0.39 is 0 Å². The van der Waals surface area contributed by atoms with Gasteiger partial charge < -0.3 is 5.73 Å². The molecule has 0 saturated heterocycles. The zero-order chi connectivity index (χ0) is 15.0. The lowest BCUT2D eigenvalue weighted by atomic mass is 10.0. The van der Waals surface area contributed by atoms with Crippen LogP contribution in [0.15, 0.2) is 29.1 Å². The molecule has 1 aliphatic rings. The molecule has 4 nitrogen and oxygen atoms in total. The molecule has 1 aromatic heterocycles. The van der Waals surface area contributed by atoms with Gasteiger partial charge in [-0.2, -0.15) is 0 Å². The molecular formula is C16H20ClN3O. The molecule has 1 fully saturated rings. The molecular weight excluding hydrogens is 286 g/mol. The standard InChI is InChI=1S/C16H20ClN3O/c1-19-15(11-6-2-3-7-11)14(18)16(21)20(19)10-12-8-4-5-9-13(12)17/h4-5,8-9,11H,2-3,6-7,10,18H2,1H3. The Labute approximate surface area is 129 Å². The predicted octanol–water partition coefficient (Wildman–Crippen LogP) is 3.13. The van der Waals surface area contributed by atoms with Crippen LogP contribution < -0.4 is 11.3 Å². The van der Waals surface area contributed by atoms with Gasteiger partial charge in [-0.3, -0.25) is 9.48 Å². The minimum Gasteiger partial charge on any atom is -0.393 e. The first kappa shape index (κ1) is 14.3. The maximum absolute atomic E-state index is 12.5. The van der Waals surface area contributed by atoms with E-state index in [9.17, 15) is 4.79 Å². The van der Waals surface area contributed by atoms with Crippen molar-refractivity contribution in [1.82, 2.24) is 9.36 Å². The van der Waals surface area contributed by atoms with Crippen molar-refractivity contribution < 1.29 is 0 Å². The summed E-state index contributed by atoms with van der Waals surface area (Å²) >= 11 is 6.20. The summed E-state index contributed by atoms with van der Waals surface area (Å²) in [7, 11) is 1.92. The van der Waals surface area contributed by atoms with E-state index in [0.717, 1.165) is 24.1 Å². The number of nitrogens with zero attached hydrogens (tertiary/aromatic N) is 2. The van der Waals surface area contributed by atoms with Crippen LogP contribution in [0, 0.1) is 0 Å². The van der Waals surface area contributed by atoms with Gasteiger partial charge in [-0.1, -0.05) is 42.6 Å². The first-order chi connectivity index (χ1) is 10.1. The average Bonchev–Trinajstić information content (AvgIpc) is 3.05. The molecule has 1 aromatic carbocycles. The molecule has 0 bridgehead atoms. The fraction of sp³-hybridized carbons (Fsp3) is 0.438. The Balaban J connectivity index is 2.02. The van der Waals surface area contributed by atoms with E-state index in [1.165, 1.54) is 12.8 Å². The van der Waals surface area contributed by atoms with Gasteiger partial charge in [-0.25, -0.2) is 4.68 Å². The molecule has 0 amide bonds. The Morgan fingerprint density at radius 2 is 1.95 bits per heavy atom. The number of benzene rings is 1. The van der Waals surface area contributed by atoms with E-state index in [2.05, 4.69) is 0 Å². The van der Waals surface area contributed by atoms with Crippen molar-refractivity contribution in [2.75, 3.05) is 5.73 Å². The molecule has 1 aliphatic carbocycles. The molecule has 21 heavy (non-hydrogen) atoms. The van der Waals surface area contributed by atoms with Crippen molar-refractivity contribution in [2.45, 2.75) is 38.1 Å². The normalized spacial score (nSPS) is 15.7. The Morgan fingerprint density at radius 1 is 1.29 bits per heavy atom. The zero-order valence-corrected chi connectivity index (χ0v) is 12.9. The van der Waals surface area contributed by atoms with Gasteiger partial charge in [0.1, 0.15) is 5.69 Å². The highest BCUT2D eigenvalue weighted by Gasteiger charge is 2.26. The van der Waals surface area contributed by atoms with Crippen LogP contribution in [0.1, 0.15) is 42.9 Å². The summed E-state index contributed by atoms with van der Waals surface area (Å²) in [6.45, 7) is 0.450. The van der Waals surface area contributed by atoms with E-state index in [0.29, 0.717) is 23.2 Å². The van der Waals surface area contributed by atoms with Crippen molar-refractivity contribution in [2.24, 2.45) is 7.05 Å². The number of hydrogen-bond acceptors (Lipinski definition) is 2. The van der Waals surface area contributed by atoms with Crippen LogP contribution in [-0.2, 0) is 13.6 Å². The van der Waals surface area contributed by atoms with Gasteiger partial charge in [0.25, 0.3) is 5.56 Å². The Kier molecular flexibility index (Phi) is 3.81. The highest BCUT2D eigenvalue weighted by Crippen LogP contribution is 2.35. The van der Waals surface area contributed by atoms with Crippen LogP contribution in [0.3, 0.4) is 0 Å². The summed E-state index contributed by atoms with van der Waals surface area (Å²) in [4.78, 5) is 12.5. The third-order valence-electron chi connectivity index (χ3n) is 4.47. The molecule has 0 aliphatic heterocycles. The number of halogens is 1. The lowest BCUT2D eigenvalue weighted by Crippen LogP contribution is -2.23. The van der Waals surface area contributed by atoms with Gasteiger partial charge in [0.2, 0.25) is 0 Å². The molecule has 112 valence electrons. The predicted molar refractivity (Wildman–Crippen MR) is 85.8 cm³/mol. The van der Waals surface area contributed by atoms with Crippen molar-refractivity contribution in [3.63, 3.8) is 0 Å². The minimum absolute atomic E-state index is 0.112. The van der Waals surface area contributed by atoms with Gasteiger partial charge >= 0.3 is 0 Å². The Hall–Kier alpha value is -1.68. The Bertz CT molecular complexity index is 711. The number of anilines is 1. The van der Waals surface area contributed by atoms with Crippen LogP contribution in [0.5, 0.6) is 0 Å². The molecule has 1 heterocycles. The second kappa shape index (κ2) is 5.60. The SMILES string of the molecule is Cn1c(C2CCCC2)c(N)c(=O)n1Cc1ccccc1Cl. The zero-order valence-electron chi connectivity index (χ0n) is 12.2. The van der Waals surface area contributed by atoms with Crippen LogP contribution in [0.2, 0.25) is 5.02 Å². The van der Waals surface area contributed by atoms with Crippen molar-refractivity contribution in [1.29, 1.82) is 0 Å². The lowest BCUT2D eigenvalue weighted by molar-refractivity contribution is 0.498. The van der Waals surface area contributed by atoms with Gasteiger partial charge in [0.15, 0.2) is 0 Å². The third kappa shape index (κ3) is 2.48. The topological polar surface area (TPSA) is 52.9 Å². The average molecular weight is 306 g/mol. The summed E-state index contributed by atoms with van der Waals surface area (Å²) in [5, 5.41) is 0.673. The second-order valence-corrected chi connectivity index (χ2v) is 6.17. The van der Waals surface area contributed by atoms with Gasteiger partial charge in [-0.15, -0.1) is 0 Å². The van der Waals surface area contributed by atoms with E-state index >= 15 is 0 Å². The fourth-order valence-corrected chi connectivity index (χ4v) is 3.53. The van der Waals surface area contributed by atoms with Crippen molar-refractivity contribution >= 4 is 17.3 Å². The number of rotatable bonds is 3. The monoisotopic (exact) mass is 305 g/mol. The first-order valence-electron chi connectivity index (χ1n) is 7.38. The summed E-state index contributed by atoms with van der Waals surface area (Å²) in [6, 6.07) is 7.59. The van der Waals surface area contributed by atoms with E-state index in [4.69, 9.17) is 17.3 Å². The van der Waals surface area contributed by atoms with Crippen LogP contribution in [0.4, 0.5) is 5.69 Å². The van der Waals surface area contributed by atoms with Gasteiger partial charge in [-0.05, 0) is 24.5 Å². The number of aromatic nitrogens is 2. The fourth-order valence-electron chi connectivity index (χ4n) is 3.34. The molecule has 2 N–H and O–H groups in total. The van der Waals surface area contributed by atoms with E-state index in [1.807, 2.05) is 36.0 Å². The molecule has 3 rings (SSSR count). The highest BCUT2D eigenvalue weighted by molar-refractivity contribution is 6.31. The number of hydrogen-bond donors (Lipinski definition) is 1. The molecule has 0 radical (unpaired) electrons. The van der Waals surface area contributed by atoms with Crippen molar-refractivity contribution in [3.8, 4) is 0 Å². The first-order valence-corrected chi connectivity index (χ1v) is 7.76. The van der Waals surface area contributed by atoms with Crippen LogP contribution >= 0.6 is 11.6 Å². The summed E-state index contributed by atoms with van der Waals surface area (Å²) in [6.07, 6.45) is 4.67. The second-order valence-electron chi connectivity index (χ2n) is 5.76. The molecule has 0 unspecified atom stereocenters. The van der Waals surface area contributed by atoms with Gasteiger partial charge in [0.05, 0.1) is 12.2 Å². The molecule has 5 heteroatoms. The lowest BCUT2D eigenvalue weighted by Gasteiger charge is -2.14. The molecule has 0 spiro atoms. The van der Waals surface area contributed by atoms with E-state index in [-0.39, 0.29) is 5.56 Å². The summed E-state index contributed by atoms with van der Waals surface area (Å²) in [5.41, 5.74) is 8.30. The molecule has 0 atom stereocenters. The number of nitrogen functional groups attached to an aromatic ring is 1. The summed E-state index contributed by atoms with van der Waals surface area (Å²) < 4.78 is 3.61. The van der Waals surface area contributed by atoms with Crippen molar-refractivity contribution in [3.05, 3.63) is 50.9 Å². The third-order valence-corrected chi connectivity index (χ3v) is 4.84. The molecule has 1 saturated carbocycles. The summed E-state index contributed by atoms with van der Waals surface area (Å²) in [5.74, 6) is 0.412. The quantitative estimate of drug-likeness (QED) is 0.947. The highest BCUT2D eigenvalue weighted by atomic mass is 35.5. The molecule has 2 aromatic rings. The Morgan fingerprint density at radius 3 is 2.62 bits per heavy atom. The minimum atomic E-state index is -0.112. The smallest absolute Gasteiger partial charge is 0.290 e. The van der Waals surface area contributed by atoms with Gasteiger partial charge in [0, 0.05) is 18.0 Å². The number of nitrogens with two attached hydrogens (primary N) is 1.